The Morgan fingerprint density at radius 1 is 1.62 bits per heavy atom. The van der Waals surface area contributed by atoms with E-state index >= 15 is 0 Å². The third kappa shape index (κ3) is 2.45. The maximum absolute atomic E-state index is 5.60. The zero-order chi connectivity index (χ0) is 11.4. The summed E-state index contributed by atoms with van der Waals surface area (Å²) in [5.74, 6) is 6.55. The number of hydrazine groups is 1. The molecule has 1 aromatic rings. The quantitative estimate of drug-likeness (QED) is 0.569. The average molecular weight is 224 g/mol. The minimum absolute atomic E-state index is 0.0453. The second kappa shape index (κ2) is 4.99. The van der Waals surface area contributed by atoms with Crippen molar-refractivity contribution in [2.45, 2.75) is 43.7 Å². The molecule has 4 heteroatoms. The van der Waals surface area contributed by atoms with E-state index in [2.05, 4.69) is 5.43 Å². The van der Waals surface area contributed by atoms with Crippen LogP contribution in [0.15, 0.2) is 22.8 Å². The Hall–Kier alpha value is -0.840. The van der Waals surface area contributed by atoms with Gasteiger partial charge in [0.25, 0.3) is 0 Å². The van der Waals surface area contributed by atoms with Crippen LogP contribution in [0, 0.1) is 0 Å². The van der Waals surface area contributed by atoms with Crippen molar-refractivity contribution in [2.75, 3.05) is 7.11 Å². The highest BCUT2D eigenvalue weighted by atomic mass is 16.5. The van der Waals surface area contributed by atoms with Crippen LogP contribution in [-0.4, -0.2) is 18.8 Å². The minimum atomic E-state index is 0.0453. The van der Waals surface area contributed by atoms with Crippen molar-refractivity contribution in [1.29, 1.82) is 0 Å². The number of hydrogen-bond donors (Lipinski definition) is 2. The molecule has 16 heavy (non-hydrogen) atoms. The van der Waals surface area contributed by atoms with Gasteiger partial charge in [-0.1, -0.05) is 0 Å². The summed E-state index contributed by atoms with van der Waals surface area (Å²) in [6.45, 7) is 0. The fraction of sp³-hybridized carbons (Fsp3) is 0.667. The van der Waals surface area contributed by atoms with E-state index in [0.29, 0.717) is 0 Å². The van der Waals surface area contributed by atoms with Crippen LogP contribution in [0.1, 0.15) is 31.4 Å². The molecule has 0 aliphatic heterocycles. The van der Waals surface area contributed by atoms with Gasteiger partial charge in [0.2, 0.25) is 0 Å². The molecule has 1 aromatic heterocycles. The van der Waals surface area contributed by atoms with E-state index in [0.717, 1.165) is 31.4 Å². The predicted octanol–water partition coefficient (Wildman–Crippen LogP) is 1.61. The molecule has 0 bridgehead atoms. The summed E-state index contributed by atoms with van der Waals surface area (Å²) in [6.07, 6.45) is 6.99. The molecular weight excluding hydrogens is 204 g/mol. The van der Waals surface area contributed by atoms with Crippen molar-refractivity contribution >= 4 is 0 Å². The third-order valence-corrected chi connectivity index (χ3v) is 3.58. The van der Waals surface area contributed by atoms with Crippen LogP contribution in [0.5, 0.6) is 0 Å². The first kappa shape index (κ1) is 11.6. The topological polar surface area (TPSA) is 60.4 Å². The summed E-state index contributed by atoms with van der Waals surface area (Å²) in [7, 11) is 1.79. The number of nitrogens with two attached hydrogens (primary N) is 1. The lowest BCUT2D eigenvalue weighted by Gasteiger charge is -2.42. The van der Waals surface area contributed by atoms with E-state index in [-0.39, 0.29) is 11.6 Å². The summed E-state index contributed by atoms with van der Waals surface area (Å²) in [5.41, 5.74) is 2.90. The molecular formula is C12H20N2O2. The van der Waals surface area contributed by atoms with Crippen molar-refractivity contribution < 1.29 is 9.15 Å². The van der Waals surface area contributed by atoms with Gasteiger partial charge in [0.05, 0.1) is 11.9 Å². The zero-order valence-corrected chi connectivity index (χ0v) is 9.74. The number of hydrogen-bond acceptors (Lipinski definition) is 4. The van der Waals surface area contributed by atoms with Gasteiger partial charge in [0, 0.05) is 19.6 Å². The van der Waals surface area contributed by atoms with E-state index in [1.807, 2.05) is 12.1 Å². The highest BCUT2D eigenvalue weighted by Gasteiger charge is 2.38. The lowest BCUT2D eigenvalue weighted by atomic mass is 9.75. The van der Waals surface area contributed by atoms with Gasteiger partial charge in [-0.25, -0.2) is 0 Å². The van der Waals surface area contributed by atoms with E-state index < -0.39 is 0 Å². The molecule has 3 N–H and O–H groups in total. The van der Waals surface area contributed by atoms with Crippen molar-refractivity contribution in [2.24, 2.45) is 5.84 Å². The molecule has 90 valence electrons. The largest absolute Gasteiger partial charge is 0.469 e. The average Bonchev–Trinajstić information content (AvgIpc) is 2.74. The molecule has 1 fully saturated rings. The Bertz CT molecular complexity index is 301. The Morgan fingerprint density at radius 3 is 2.88 bits per heavy atom. The zero-order valence-electron chi connectivity index (χ0n) is 9.74. The molecule has 0 amide bonds. The second-order valence-corrected chi connectivity index (χ2v) is 4.59. The molecule has 0 saturated heterocycles. The van der Waals surface area contributed by atoms with Crippen molar-refractivity contribution in [1.82, 2.24) is 5.43 Å². The van der Waals surface area contributed by atoms with Gasteiger partial charge in [-0.05, 0) is 37.8 Å². The van der Waals surface area contributed by atoms with Crippen LogP contribution in [0.3, 0.4) is 0 Å². The lowest BCUT2D eigenvalue weighted by Crippen LogP contribution is -2.48. The third-order valence-electron chi connectivity index (χ3n) is 3.58. The molecule has 1 atom stereocenters. The van der Waals surface area contributed by atoms with E-state index in [1.165, 1.54) is 6.42 Å². The minimum Gasteiger partial charge on any atom is -0.469 e. The highest BCUT2D eigenvalue weighted by molar-refractivity contribution is 5.02. The lowest BCUT2D eigenvalue weighted by molar-refractivity contribution is -0.0836. The van der Waals surface area contributed by atoms with Crippen LogP contribution >= 0.6 is 0 Å². The molecule has 0 spiro atoms. The number of rotatable bonds is 6. The van der Waals surface area contributed by atoms with Crippen LogP contribution in [-0.2, 0) is 11.2 Å². The number of nitrogens with one attached hydrogen (secondary N) is 1. The maximum atomic E-state index is 5.60. The molecule has 4 nitrogen and oxygen atoms in total. The summed E-state index contributed by atoms with van der Waals surface area (Å²) in [5, 5.41) is 0. The van der Waals surface area contributed by atoms with Gasteiger partial charge in [-0.3, -0.25) is 11.3 Å². The SMILES string of the molecule is COC1(CC(Cc2ccco2)NN)CCC1. The standard InChI is InChI=1S/C12H20N2O2/c1-15-12(5-3-6-12)9-10(14-13)8-11-4-2-7-16-11/h2,4,7,10,14H,3,5-6,8-9,13H2,1H3. The predicted molar refractivity (Wildman–Crippen MR) is 61.7 cm³/mol. The summed E-state index contributed by atoms with van der Waals surface area (Å²) < 4.78 is 10.9. The van der Waals surface area contributed by atoms with Crippen LogP contribution < -0.4 is 11.3 Å². The number of methoxy groups -OCH3 is 1. The smallest absolute Gasteiger partial charge is 0.105 e. The summed E-state index contributed by atoms with van der Waals surface area (Å²) in [4.78, 5) is 0. The van der Waals surface area contributed by atoms with Gasteiger partial charge in [0.15, 0.2) is 0 Å². The summed E-state index contributed by atoms with van der Waals surface area (Å²) in [6, 6.07) is 4.09. The first-order valence-corrected chi connectivity index (χ1v) is 5.82. The maximum Gasteiger partial charge on any atom is 0.105 e. The fourth-order valence-electron chi connectivity index (χ4n) is 2.37. The van der Waals surface area contributed by atoms with Crippen molar-refractivity contribution in [3.05, 3.63) is 24.2 Å². The Morgan fingerprint density at radius 2 is 2.44 bits per heavy atom. The molecule has 0 aromatic carbocycles. The van der Waals surface area contributed by atoms with Gasteiger partial charge in [-0.2, -0.15) is 0 Å². The first-order valence-electron chi connectivity index (χ1n) is 5.82. The normalized spacial score (nSPS) is 20.4. The van der Waals surface area contributed by atoms with Gasteiger partial charge >= 0.3 is 0 Å². The van der Waals surface area contributed by atoms with Crippen molar-refractivity contribution in [3.63, 3.8) is 0 Å². The Balaban J connectivity index is 1.90. The second-order valence-electron chi connectivity index (χ2n) is 4.59. The highest BCUT2D eigenvalue weighted by Crippen LogP contribution is 2.39. The van der Waals surface area contributed by atoms with E-state index in [9.17, 15) is 0 Å². The van der Waals surface area contributed by atoms with E-state index in [4.69, 9.17) is 15.0 Å². The van der Waals surface area contributed by atoms with Crippen LogP contribution in [0.2, 0.25) is 0 Å². The molecule has 2 rings (SSSR count). The number of furan rings is 1. The van der Waals surface area contributed by atoms with Crippen LogP contribution in [0.4, 0.5) is 0 Å². The monoisotopic (exact) mass is 224 g/mol. The molecule has 1 unspecified atom stereocenters. The summed E-state index contributed by atoms with van der Waals surface area (Å²) >= 11 is 0. The number of ether oxygens (including phenoxy) is 1. The van der Waals surface area contributed by atoms with Gasteiger partial charge in [-0.15, -0.1) is 0 Å². The molecule has 1 aliphatic carbocycles. The fourth-order valence-corrected chi connectivity index (χ4v) is 2.37. The molecule has 1 aliphatic rings. The van der Waals surface area contributed by atoms with Gasteiger partial charge < -0.3 is 9.15 Å². The molecule has 0 radical (unpaired) electrons. The van der Waals surface area contributed by atoms with Gasteiger partial charge in [0.1, 0.15) is 5.76 Å². The Labute approximate surface area is 96.1 Å². The molecule has 1 heterocycles. The van der Waals surface area contributed by atoms with Crippen molar-refractivity contribution in [3.8, 4) is 0 Å². The van der Waals surface area contributed by atoms with E-state index in [1.54, 1.807) is 13.4 Å². The van der Waals surface area contributed by atoms with Crippen LogP contribution in [0.25, 0.3) is 0 Å². The molecule has 1 saturated carbocycles. The first-order chi connectivity index (χ1) is 7.78. The Kier molecular flexibility index (Phi) is 3.63.